The standard InChI is InChI=1S/C16H19F3N2O4S/c17-12-3-4-13(16(19)15(12)18)26(24,25)20-10-5-11(6-10)21(8-14(22)23)7-9-1-2-9/h3-4,9-11,20H,1-2,5-8H2,(H,22,23). The molecule has 0 unspecified atom stereocenters. The molecule has 1 aromatic rings. The summed E-state index contributed by atoms with van der Waals surface area (Å²) in [6, 6.07) is 0.652. The van der Waals surface area contributed by atoms with Crippen LogP contribution in [0.1, 0.15) is 25.7 Å². The van der Waals surface area contributed by atoms with Gasteiger partial charge in [0.15, 0.2) is 17.5 Å². The molecule has 0 saturated heterocycles. The molecule has 26 heavy (non-hydrogen) atoms. The molecular weight excluding hydrogens is 373 g/mol. The summed E-state index contributed by atoms with van der Waals surface area (Å²) < 4.78 is 66.6. The van der Waals surface area contributed by atoms with Crippen LogP contribution in [0.15, 0.2) is 17.0 Å². The average Bonchev–Trinajstić information content (AvgIpc) is 3.31. The van der Waals surface area contributed by atoms with Crippen LogP contribution in [0.25, 0.3) is 0 Å². The lowest BCUT2D eigenvalue weighted by atomic mass is 9.86. The number of benzene rings is 1. The Morgan fingerprint density at radius 1 is 1.19 bits per heavy atom. The van der Waals surface area contributed by atoms with Crippen molar-refractivity contribution < 1.29 is 31.5 Å². The summed E-state index contributed by atoms with van der Waals surface area (Å²) in [7, 11) is -4.34. The van der Waals surface area contributed by atoms with Gasteiger partial charge in [-0.15, -0.1) is 0 Å². The van der Waals surface area contributed by atoms with Crippen molar-refractivity contribution in [2.24, 2.45) is 5.92 Å². The fourth-order valence-electron chi connectivity index (χ4n) is 3.13. The number of aliphatic carboxylic acids is 1. The Bertz CT molecular complexity index is 808. The van der Waals surface area contributed by atoms with Crippen LogP contribution in [0.2, 0.25) is 0 Å². The van der Waals surface area contributed by atoms with Crippen LogP contribution >= 0.6 is 0 Å². The summed E-state index contributed by atoms with van der Waals surface area (Å²) in [4.78, 5) is 11.9. The summed E-state index contributed by atoms with van der Waals surface area (Å²) >= 11 is 0. The van der Waals surface area contributed by atoms with Gasteiger partial charge in [-0.1, -0.05) is 0 Å². The van der Waals surface area contributed by atoms with Crippen molar-refractivity contribution in [3.8, 4) is 0 Å². The third kappa shape index (κ3) is 4.18. The molecule has 2 N–H and O–H groups in total. The number of sulfonamides is 1. The molecule has 144 valence electrons. The minimum Gasteiger partial charge on any atom is -0.480 e. The fraction of sp³-hybridized carbons (Fsp3) is 0.562. The smallest absolute Gasteiger partial charge is 0.317 e. The van der Waals surface area contributed by atoms with Crippen molar-refractivity contribution in [3.05, 3.63) is 29.6 Å². The van der Waals surface area contributed by atoms with Crippen molar-refractivity contribution in [1.82, 2.24) is 9.62 Å². The van der Waals surface area contributed by atoms with Gasteiger partial charge in [0, 0.05) is 18.6 Å². The summed E-state index contributed by atoms with van der Waals surface area (Å²) in [5.74, 6) is -5.51. The van der Waals surface area contributed by atoms with E-state index in [1.807, 2.05) is 4.90 Å². The lowest BCUT2D eigenvalue weighted by Gasteiger charge is -2.42. The summed E-state index contributed by atoms with van der Waals surface area (Å²) in [6.07, 6.45) is 2.89. The molecule has 2 fully saturated rings. The third-order valence-electron chi connectivity index (χ3n) is 4.77. The van der Waals surface area contributed by atoms with E-state index in [2.05, 4.69) is 4.72 Å². The highest BCUT2D eigenvalue weighted by molar-refractivity contribution is 7.89. The van der Waals surface area contributed by atoms with Gasteiger partial charge in [0.05, 0.1) is 6.54 Å². The van der Waals surface area contributed by atoms with Crippen LogP contribution in [0.3, 0.4) is 0 Å². The topological polar surface area (TPSA) is 86.7 Å². The highest BCUT2D eigenvalue weighted by Gasteiger charge is 2.39. The number of carboxylic acid groups (broad SMARTS) is 1. The molecule has 0 bridgehead atoms. The maximum atomic E-state index is 13.7. The van der Waals surface area contributed by atoms with E-state index in [1.54, 1.807) is 0 Å². The number of carbonyl (C=O) groups is 1. The van der Waals surface area contributed by atoms with E-state index >= 15 is 0 Å². The van der Waals surface area contributed by atoms with Gasteiger partial charge in [0.2, 0.25) is 10.0 Å². The summed E-state index contributed by atoms with van der Waals surface area (Å²) in [5, 5.41) is 9.00. The van der Waals surface area contributed by atoms with E-state index in [0.29, 0.717) is 37.4 Å². The molecule has 2 aliphatic rings. The van der Waals surface area contributed by atoms with E-state index in [1.165, 1.54) is 0 Å². The summed E-state index contributed by atoms with van der Waals surface area (Å²) in [6.45, 7) is 0.548. The van der Waals surface area contributed by atoms with Crippen LogP contribution in [-0.4, -0.2) is 49.6 Å². The highest BCUT2D eigenvalue weighted by atomic mass is 32.2. The Balaban J connectivity index is 1.62. The molecule has 0 heterocycles. The van der Waals surface area contributed by atoms with Crippen LogP contribution < -0.4 is 4.72 Å². The molecule has 1 aromatic carbocycles. The molecule has 10 heteroatoms. The Hall–Kier alpha value is -1.65. The normalized spacial score (nSPS) is 23.1. The molecular formula is C16H19F3N2O4S. The van der Waals surface area contributed by atoms with Crippen molar-refractivity contribution in [1.29, 1.82) is 0 Å². The number of halogens is 3. The number of hydrogen-bond acceptors (Lipinski definition) is 4. The number of hydrogen-bond donors (Lipinski definition) is 2. The zero-order chi connectivity index (χ0) is 19.1. The second-order valence-corrected chi connectivity index (χ2v) is 8.57. The average molecular weight is 392 g/mol. The first kappa shape index (κ1) is 19.1. The predicted molar refractivity (Wildman–Crippen MR) is 85.4 cm³/mol. The van der Waals surface area contributed by atoms with E-state index in [9.17, 15) is 26.4 Å². The maximum Gasteiger partial charge on any atom is 0.317 e. The van der Waals surface area contributed by atoms with Gasteiger partial charge < -0.3 is 5.11 Å². The molecule has 6 nitrogen and oxygen atoms in total. The lowest BCUT2D eigenvalue weighted by Crippen LogP contribution is -2.55. The molecule has 0 spiro atoms. The minimum atomic E-state index is -4.34. The van der Waals surface area contributed by atoms with Crippen LogP contribution in [0, 0.1) is 23.4 Å². The third-order valence-corrected chi connectivity index (χ3v) is 6.31. The van der Waals surface area contributed by atoms with E-state index in [-0.39, 0.29) is 12.6 Å². The minimum absolute atomic E-state index is 0.0748. The fourth-order valence-corrected chi connectivity index (χ4v) is 4.46. The number of rotatable bonds is 8. The number of carboxylic acids is 1. The van der Waals surface area contributed by atoms with Crippen LogP contribution in [-0.2, 0) is 14.8 Å². The Labute approximate surface area is 149 Å². The zero-order valence-electron chi connectivity index (χ0n) is 13.8. The van der Waals surface area contributed by atoms with Gasteiger partial charge >= 0.3 is 5.97 Å². The highest BCUT2D eigenvalue weighted by Crippen LogP contribution is 2.34. The second-order valence-electron chi connectivity index (χ2n) is 6.88. The second kappa shape index (κ2) is 7.16. The monoisotopic (exact) mass is 392 g/mol. The van der Waals surface area contributed by atoms with E-state index in [0.717, 1.165) is 12.8 Å². The van der Waals surface area contributed by atoms with Gasteiger partial charge in [-0.2, -0.15) is 0 Å². The lowest BCUT2D eigenvalue weighted by molar-refractivity contribution is -0.139. The van der Waals surface area contributed by atoms with Gasteiger partial charge in [0.1, 0.15) is 4.90 Å². The van der Waals surface area contributed by atoms with Crippen molar-refractivity contribution in [3.63, 3.8) is 0 Å². The molecule has 0 aromatic heterocycles. The molecule has 2 saturated carbocycles. The van der Waals surface area contributed by atoms with Crippen molar-refractivity contribution >= 4 is 16.0 Å². The largest absolute Gasteiger partial charge is 0.480 e. The molecule has 0 atom stereocenters. The van der Waals surface area contributed by atoms with Crippen molar-refractivity contribution in [2.75, 3.05) is 13.1 Å². The van der Waals surface area contributed by atoms with Gasteiger partial charge in [-0.05, 0) is 43.7 Å². The zero-order valence-corrected chi connectivity index (χ0v) is 14.6. The summed E-state index contributed by atoms with van der Waals surface area (Å²) in [5.41, 5.74) is 0. The van der Waals surface area contributed by atoms with Crippen molar-refractivity contribution in [2.45, 2.75) is 42.7 Å². The van der Waals surface area contributed by atoms with Gasteiger partial charge in [-0.25, -0.2) is 26.3 Å². The van der Waals surface area contributed by atoms with E-state index in [4.69, 9.17) is 5.11 Å². The van der Waals surface area contributed by atoms with Gasteiger partial charge in [0.25, 0.3) is 0 Å². The Morgan fingerprint density at radius 2 is 1.85 bits per heavy atom. The van der Waals surface area contributed by atoms with Gasteiger partial charge in [-0.3, -0.25) is 9.69 Å². The molecule has 0 radical (unpaired) electrons. The first-order valence-electron chi connectivity index (χ1n) is 8.29. The molecule has 3 rings (SSSR count). The van der Waals surface area contributed by atoms with E-state index < -0.39 is 44.4 Å². The quantitative estimate of drug-likeness (QED) is 0.658. The first-order chi connectivity index (χ1) is 12.2. The van der Waals surface area contributed by atoms with Crippen LogP contribution in [0.5, 0.6) is 0 Å². The first-order valence-corrected chi connectivity index (χ1v) is 9.77. The molecule has 2 aliphatic carbocycles. The Kier molecular flexibility index (Phi) is 5.27. The van der Waals surface area contributed by atoms with Crippen LogP contribution in [0.4, 0.5) is 13.2 Å². The number of nitrogens with one attached hydrogen (secondary N) is 1. The Morgan fingerprint density at radius 3 is 2.42 bits per heavy atom. The molecule has 0 amide bonds. The predicted octanol–water partition coefficient (Wildman–Crippen LogP) is 1.71. The number of nitrogens with zero attached hydrogens (tertiary/aromatic N) is 1. The SMILES string of the molecule is O=C(O)CN(CC1CC1)C1CC(NS(=O)(=O)c2ccc(F)c(F)c2F)C1. The maximum absolute atomic E-state index is 13.7. The molecule has 0 aliphatic heterocycles.